The lowest BCUT2D eigenvalue weighted by Gasteiger charge is -2.11. The van der Waals surface area contributed by atoms with E-state index in [1.165, 1.54) is 6.92 Å². The molecule has 0 spiro atoms. The highest BCUT2D eigenvalue weighted by Gasteiger charge is 2.34. The molecule has 2 aromatic rings. The molecule has 0 aliphatic rings. The molecule has 106 valence electrons. The lowest BCUT2D eigenvalue weighted by molar-refractivity contribution is -0.141. The van der Waals surface area contributed by atoms with Crippen LogP contribution in [0.15, 0.2) is 12.1 Å². The number of amides is 1. The molecule has 0 saturated carbocycles. The number of hydrogen-bond donors (Lipinski definition) is 1. The van der Waals surface area contributed by atoms with Crippen molar-refractivity contribution in [2.45, 2.75) is 20.0 Å². The molecule has 0 aromatic carbocycles. The fraction of sp³-hybridized carbons (Fsp3) is 0.273. The molecule has 0 fully saturated rings. The van der Waals surface area contributed by atoms with Crippen molar-refractivity contribution in [3.8, 4) is 5.82 Å². The van der Waals surface area contributed by atoms with E-state index in [1.807, 2.05) is 0 Å². The Labute approximate surface area is 111 Å². The molecule has 0 bridgehead atoms. The number of primary amides is 1. The van der Waals surface area contributed by atoms with Crippen LogP contribution in [0, 0.1) is 13.8 Å². The Morgan fingerprint density at radius 2 is 1.90 bits per heavy atom. The Hall–Kier alpha value is -2.45. The van der Waals surface area contributed by atoms with Gasteiger partial charge in [0.15, 0.2) is 5.82 Å². The summed E-state index contributed by atoms with van der Waals surface area (Å²) in [6.45, 7) is 3.10. The quantitative estimate of drug-likeness (QED) is 0.903. The smallest absolute Gasteiger partial charge is 0.365 e. The van der Waals surface area contributed by atoms with E-state index in [-0.39, 0.29) is 11.4 Å². The number of nitrogens with two attached hydrogens (primary N) is 1. The number of aromatic nitrogens is 4. The van der Waals surface area contributed by atoms with Gasteiger partial charge < -0.3 is 5.73 Å². The van der Waals surface area contributed by atoms with Crippen molar-refractivity contribution in [3.63, 3.8) is 0 Å². The number of carbonyl (C=O) groups is 1. The van der Waals surface area contributed by atoms with Crippen LogP contribution in [0.25, 0.3) is 5.82 Å². The highest BCUT2D eigenvalue weighted by molar-refractivity contribution is 5.95. The summed E-state index contributed by atoms with van der Waals surface area (Å²) in [5, 5.41) is 3.91. The van der Waals surface area contributed by atoms with Gasteiger partial charge in [-0.15, -0.1) is 5.10 Å². The minimum Gasteiger partial charge on any atom is -0.365 e. The molecule has 9 heteroatoms. The van der Waals surface area contributed by atoms with Gasteiger partial charge >= 0.3 is 6.18 Å². The Kier molecular flexibility index (Phi) is 3.20. The zero-order valence-corrected chi connectivity index (χ0v) is 10.6. The summed E-state index contributed by atoms with van der Waals surface area (Å²) in [5.74, 6) is -0.534. The lowest BCUT2D eigenvalue weighted by Crippen LogP contribution is -2.19. The second-order valence-corrected chi connectivity index (χ2v) is 4.05. The van der Waals surface area contributed by atoms with Crippen LogP contribution >= 0.6 is 0 Å². The predicted octanol–water partition coefficient (Wildman–Crippen LogP) is 1.40. The van der Waals surface area contributed by atoms with Gasteiger partial charge in [-0.1, -0.05) is 0 Å². The van der Waals surface area contributed by atoms with Crippen LogP contribution in [-0.2, 0) is 6.18 Å². The first-order valence-electron chi connectivity index (χ1n) is 5.49. The van der Waals surface area contributed by atoms with Crippen molar-refractivity contribution in [1.82, 2.24) is 19.7 Å². The monoisotopic (exact) mass is 285 g/mol. The molecule has 0 radical (unpaired) electrons. The Bertz CT molecular complexity index is 677. The number of hydrogen-bond acceptors (Lipinski definition) is 4. The van der Waals surface area contributed by atoms with Gasteiger partial charge in [-0.2, -0.15) is 17.9 Å². The van der Waals surface area contributed by atoms with Gasteiger partial charge in [-0.3, -0.25) is 4.79 Å². The zero-order valence-electron chi connectivity index (χ0n) is 10.6. The summed E-state index contributed by atoms with van der Waals surface area (Å²) in [6, 6.07) is 1.67. The number of carbonyl (C=O) groups excluding carboxylic acids is 1. The molecule has 20 heavy (non-hydrogen) atoms. The van der Waals surface area contributed by atoms with Crippen LogP contribution in [0.3, 0.4) is 0 Å². The molecule has 0 aliphatic heterocycles. The van der Waals surface area contributed by atoms with E-state index in [1.54, 1.807) is 6.92 Å². The topological polar surface area (TPSA) is 86.7 Å². The summed E-state index contributed by atoms with van der Waals surface area (Å²) in [6.07, 6.45) is -4.63. The molecular formula is C11H10F3N5O. The molecule has 6 nitrogen and oxygen atoms in total. The van der Waals surface area contributed by atoms with Gasteiger partial charge in [0.1, 0.15) is 17.3 Å². The van der Waals surface area contributed by atoms with Gasteiger partial charge in [-0.25, -0.2) is 9.97 Å². The van der Waals surface area contributed by atoms with Crippen LogP contribution in [0.1, 0.15) is 27.7 Å². The maximum Gasteiger partial charge on any atom is 0.433 e. The van der Waals surface area contributed by atoms with Crippen molar-refractivity contribution in [3.05, 3.63) is 35.0 Å². The number of halogens is 3. The van der Waals surface area contributed by atoms with Gasteiger partial charge in [0.2, 0.25) is 0 Å². The van der Waals surface area contributed by atoms with Gasteiger partial charge in [0.25, 0.3) is 5.91 Å². The molecule has 0 atom stereocenters. The van der Waals surface area contributed by atoms with Crippen molar-refractivity contribution >= 4 is 5.91 Å². The first-order chi connectivity index (χ1) is 9.20. The van der Waals surface area contributed by atoms with Crippen LogP contribution in [0.5, 0.6) is 0 Å². The second kappa shape index (κ2) is 4.58. The number of pyridine rings is 1. The molecule has 0 saturated heterocycles. The van der Waals surface area contributed by atoms with Gasteiger partial charge in [0.05, 0.1) is 5.56 Å². The number of alkyl halides is 3. The van der Waals surface area contributed by atoms with Crippen molar-refractivity contribution in [1.29, 1.82) is 0 Å². The minimum absolute atomic E-state index is 0.161. The van der Waals surface area contributed by atoms with Crippen LogP contribution in [0.4, 0.5) is 13.2 Å². The van der Waals surface area contributed by atoms with Crippen molar-refractivity contribution in [2.75, 3.05) is 0 Å². The second-order valence-electron chi connectivity index (χ2n) is 4.05. The normalized spacial score (nSPS) is 11.7. The van der Waals surface area contributed by atoms with E-state index in [0.717, 1.165) is 10.7 Å². The summed E-state index contributed by atoms with van der Waals surface area (Å²) in [4.78, 5) is 18.7. The first-order valence-corrected chi connectivity index (χ1v) is 5.49. The molecule has 0 unspecified atom stereocenters. The average Bonchev–Trinajstić information content (AvgIpc) is 2.66. The lowest BCUT2D eigenvalue weighted by atomic mass is 10.2. The Morgan fingerprint density at radius 3 is 2.35 bits per heavy atom. The highest BCUT2D eigenvalue weighted by Crippen LogP contribution is 2.29. The molecule has 2 aromatic heterocycles. The average molecular weight is 285 g/mol. The third-order valence-electron chi connectivity index (χ3n) is 2.51. The predicted molar refractivity (Wildman–Crippen MR) is 62.1 cm³/mol. The van der Waals surface area contributed by atoms with E-state index < -0.39 is 17.8 Å². The molecule has 2 rings (SSSR count). The Balaban J connectivity index is 2.71. The van der Waals surface area contributed by atoms with Crippen LogP contribution in [-0.4, -0.2) is 25.7 Å². The standard InChI is InChI=1S/C11H10F3N5O/c1-5-16-6(2)19(18-5)10-7(9(15)20)3-4-8(17-10)11(12,13)14/h3-4H,1-2H3,(H2,15,20). The largest absolute Gasteiger partial charge is 0.433 e. The molecule has 2 N–H and O–H groups in total. The summed E-state index contributed by atoms with van der Waals surface area (Å²) in [5.41, 5.74) is 3.85. The fourth-order valence-corrected chi connectivity index (χ4v) is 1.68. The van der Waals surface area contributed by atoms with Crippen molar-refractivity contribution in [2.24, 2.45) is 5.73 Å². The molecule has 2 heterocycles. The van der Waals surface area contributed by atoms with Crippen molar-refractivity contribution < 1.29 is 18.0 Å². The summed E-state index contributed by atoms with van der Waals surface area (Å²) in [7, 11) is 0. The zero-order chi connectivity index (χ0) is 15.1. The third-order valence-corrected chi connectivity index (χ3v) is 2.51. The van der Waals surface area contributed by atoms with Gasteiger partial charge in [-0.05, 0) is 26.0 Å². The summed E-state index contributed by atoms with van der Waals surface area (Å²) >= 11 is 0. The number of rotatable bonds is 2. The summed E-state index contributed by atoms with van der Waals surface area (Å²) < 4.78 is 39.2. The fourth-order valence-electron chi connectivity index (χ4n) is 1.68. The minimum atomic E-state index is -4.63. The Morgan fingerprint density at radius 1 is 1.25 bits per heavy atom. The van der Waals surface area contributed by atoms with Crippen LogP contribution in [0.2, 0.25) is 0 Å². The maximum atomic E-state index is 12.7. The van der Waals surface area contributed by atoms with E-state index in [2.05, 4.69) is 15.1 Å². The highest BCUT2D eigenvalue weighted by atomic mass is 19.4. The molecule has 0 aliphatic carbocycles. The van der Waals surface area contributed by atoms with Gasteiger partial charge in [0, 0.05) is 0 Å². The van der Waals surface area contributed by atoms with E-state index in [9.17, 15) is 18.0 Å². The molecule has 1 amide bonds. The maximum absolute atomic E-state index is 12.7. The van der Waals surface area contributed by atoms with E-state index in [4.69, 9.17) is 5.73 Å². The van der Waals surface area contributed by atoms with E-state index in [0.29, 0.717) is 17.7 Å². The molecular weight excluding hydrogens is 275 g/mol. The SMILES string of the molecule is Cc1nc(C)n(-c2nc(C(F)(F)F)ccc2C(N)=O)n1. The third kappa shape index (κ3) is 2.46. The number of nitrogens with zero attached hydrogens (tertiary/aromatic N) is 4. The van der Waals surface area contributed by atoms with E-state index >= 15 is 0 Å². The number of aryl methyl sites for hydroxylation is 2. The first kappa shape index (κ1) is 14.0. The van der Waals surface area contributed by atoms with Crippen LogP contribution < -0.4 is 5.73 Å².